The van der Waals surface area contributed by atoms with Gasteiger partial charge in [0.25, 0.3) is 0 Å². The summed E-state index contributed by atoms with van der Waals surface area (Å²) < 4.78 is 0. The number of aromatic nitrogens is 1. The van der Waals surface area contributed by atoms with Crippen molar-refractivity contribution in [3.8, 4) is 0 Å². The Balaban J connectivity index is 1.72. The SMILES string of the molecule is O[C@]12ON[C@@H](c3ccccn3)[C@H]1[NH+]1CCC2CC1. The van der Waals surface area contributed by atoms with E-state index in [1.54, 1.807) is 6.20 Å². The second-order valence-corrected chi connectivity index (χ2v) is 5.61. The Kier molecular flexibility index (Phi) is 2.26. The molecular formula is C13H18N3O2+. The number of piperidine rings is 3. The minimum Gasteiger partial charge on any atom is -0.359 e. The van der Waals surface area contributed by atoms with Gasteiger partial charge < -0.3 is 10.0 Å². The zero-order chi connectivity index (χ0) is 12.2. The van der Waals surface area contributed by atoms with Crippen molar-refractivity contribution in [1.82, 2.24) is 10.5 Å². The summed E-state index contributed by atoms with van der Waals surface area (Å²) in [6.45, 7) is 2.26. The fraction of sp³-hybridized carbons (Fsp3) is 0.615. The average Bonchev–Trinajstić information content (AvgIpc) is 2.81. The van der Waals surface area contributed by atoms with Crippen LogP contribution in [0.3, 0.4) is 0 Å². The van der Waals surface area contributed by atoms with E-state index < -0.39 is 5.79 Å². The number of rotatable bonds is 1. The maximum absolute atomic E-state index is 10.8. The van der Waals surface area contributed by atoms with Crippen molar-refractivity contribution < 1.29 is 14.8 Å². The lowest BCUT2D eigenvalue weighted by atomic mass is 9.75. The van der Waals surface area contributed by atoms with E-state index >= 15 is 0 Å². The van der Waals surface area contributed by atoms with Crippen molar-refractivity contribution in [1.29, 1.82) is 0 Å². The van der Waals surface area contributed by atoms with Crippen molar-refractivity contribution in [2.24, 2.45) is 5.92 Å². The largest absolute Gasteiger partial charge is 0.359 e. The fourth-order valence-corrected chi connectivity index (χ4v) is 3.90. The molecule has 0 saturated carbocycles. The topological polar surface area (TPSA) is 58.8 Å². The van der Waals surface area contributed by atoms with Gasteiger partial charge >= 0.3 is 0 Å². The van der Waals surface area contributed by atoms with E-state index in [2.05, 4.69) is 10.5 Å². The molecule has 0 amide bonds. The molecule has 4 saturated heterocycles. The van der Waals surface area contributed by atoms with Crippen LogP contribution in [-0.2, 0) is 4.84 Å². The first-order chi connectivity index (χ1) is 8.79. The number of hydroxylamine groups is 1. The summed E-state index contributed by atoms with van der Waals surface area (Å²) in [6.07, 6.45) is 3.90. The van der Waals surface area contributed by atoms with Gasteiger partial charge in [0.05, 0.1) is 18.8 Å². The molecular weight excluding hydrogens is 230 g/mol. The molecule has 18 heavy (non-hydrogen) atoms. The molecule has 4 aliphatic rings. The molecule has 0 spiro atoms. The number of hydrogen-bond acceptors (Lipinski definition) is 4. The normalized spacial score (nSPS) is 46.1. The van der Waals surface area contributed by atoms with E-state index in [4.69, 9.17) is 4.84 Å². The van der Waals surface area contributed by atoms with Gasteiger partial charge in [0.2, 0.25) is 5.79 Å². The summed E-state index contributed by atoms with van der Waals surface area (Å²) in [4.78, 5) is 11.4. The minimum absolute atomic E-state index is 0.00528. The summed E-state index contributed by atoms with van der Waals surface area (Å²) >= 11 is 0. The van der Waals surface area contributed by atoms with Crippen LogP contribution in [0.2, 0.25) is 0 Å². The van der Waals surface area contributed by atoms with Crippen LogP contribution < -0.4 is 10.4 Å². The van der Waals surface area contributed by atoms with Gasteiger partial charge in [0.1, 0.15) is 6.04 Å². The molecule has 5 nitrogen and oxygen atoms in total. The summed E-state index contributed by atoms with van der Waals surface area (Å²) in [6, 6.07) is 5.95. The average molecular weight is 248 g/mol. The summed E-state index contributed by atoms with van der Waals surface area (Å²) in [5, 5.41) is 10.8. The van der Waals surface area contributed by atoms with Crippen molar-refractivity contribution in [3.63, 3.8) is 0 Å². The van der Waals surface area contributed by atoms with Crippen LogP contribution >= 0.6 is 0 Å². The molecule has 0 unspecified atom stereocenters. The van der Waals surface area contributed by atoms with Gasteiger partial charge in [-0.2, -0.15) is 5.48 Å². The van der Waals surface area contributed by atoms with Gasteiger partial charge in [0, 0.05) is 25.0 Å². The van der Waals surface area contributed by atoms with Crippen LogP contribution in [0.15, 0.2) is 24.4 Å². The molecule has 1 aromatic rings. The molecule has 0 aromatic carbocycles. The van der Waals surface area contributed by atoms with Crippen molar-refractivity contribution in [2.75, 3.05) is 13.1 Å². The van der Waals surface area contributed by atoms with Gasteiger partial charge in [0.15, 0.2) is 6.04 Å². The number of pyridine rings is 1. The molecule has 0 radical (unpaired) electrons. The standard InChI is InChI=1S/C13H17N3O2/c17-13-9-4-7-16(8-5-9)12(13)11(15-18-13)10-3-1-2-6-14-10/h1-3,6,9,11-12,15,17H,4-5,7-8H2/p+1/t11-,12+,13+/m0/s1. The van der Waals surface area contributed by atoms with Crippen LogP contribution in [0.5, 0.6) is 0 Å². The highest BCUT2D eigenvalue weighted by atomic mass is 16.8. The monoisotopic (exact) mass is 248 g/mol. The molecule has 4 fully saturated rings. The van der Waals surface area contributed by atoms with E-state index in [0.29, 0.717) is 0 Å². The smallest absolute Gasteiger partial charge is 0.242 e. The van der Waals surface area contributed by atoms with Crippen LogP contribution in [-0.4, -0.2) is 35.0 Å². The third-order valence-corrected chi connectivity index (χ3v) is 4.79. The summed E-state index contributed by atoms with van der Waals surface area (Å²) in [7, 11) is 0. The molecule has 4 aliphatic heterocycles. The Hall–Kier alpha value is -1.01. The molecule has 5 rings (SSSR count). The first-order valence-corrected chi connectivity index (χ1v) is 6.70. The van der Waals surface area contributed by atoms with Gasteiger partial charge in [-0.05, 0) is 12.1 Å². The van der Waals surface area contributed by atoms with Gasteiger partial charge in [-0.3, -0.25) is 9.82 Å². The number of nitrogens with one attached hydrogen (secondary N) is 2. The molecule has 96 valence electrons. The zero-order valence-electron chi connectivity index (χ0n) is 10.2. The first kappa shape index (κ1) is 10.9. The Labute approximate surface area is 106 Å². The summed E-state index contributed by atoms with van der Waals surface area (Å²) in [5.74, 6) is -0.741. The van der Waals surface area contributed by atoms with E-state index in [1.165, 1.54) is 4.90 Å². The van der Waals surface area contributed by atoms with Gasteiger partial charge in [-0.15, -0.1) is 0 Å². The molecule has 2 bridgehead atoms. The van der Waals surface area contributed by atoms with Gasteiger partial charge in [-0.25, -0.2) is 0 Å². The maximum Gasteiger partial charge on any atom is 0.242 e. The summed E-state index contributed by atoms with van der Waals surface area (Å²) in [5.41, 5.74) is 3.98. The Morgan fingerprint density at radius 1 is 1.39 bits per heavy atom. The predicted molar refractivity (Wildman–Crippen MR) is 63.4 cm³/mol. The Bertz CT molecular complexity index is 447. The number of hydrogen-bond donors (Lipinski definition) is 3. The van der Waals surface area contributed by atoms with E-state index in [1.807, 2.05) is 18.2 Å². The van der Waals surface area contributed by atoms with Gasteiger partial charge in [-0.1, -0.05) is 6.07 Å². The molecule has 0 aliphatic carbocycles. The number of quaternary nitrogens is 1. The molecule has 5 heterocycles. The second kappa shape index (κ2) is 3.74. The molecule has 3 atom stereocenters. The van der Waals surface area contributed by atoms with Crippen LogP contribution in [0.25, 0.3) is 0 Å². The van der Waals surface area contributed by atoms with E-state index in [0.717, 1.165) is 31.6 Å². The first-order valence-electron chi connectivity index (χ1n) is 6.70. The number of nitrogens with zero attached hydrogens (tertiary/aromatic N) is 1. The molecule has 3 N–H and O–H groups in total. The quantitative estimate of drug-likeness (QED) is 0.598. The molecule has 1 aromatic heterocycles. The lowest BCUT2D eigenvalue weighted by Crippen LogP contribution is -3.21. The molecule has 5 heteroatoms. The van der Waals surface area contributed by atoms with E-state index in [-0.39, 0.29) is 18.0 Å². The van der Waals surface area contributed by atoms with Crippen LogP contribution in [0, 0.1) is 5.92 Å². The number of aliphatic hydroxyl groups is 1. The predicted octanol–water partition coefficient (Wildman–Crippen LogP) is -0.977. The number of fused-ring (bicyclic) bond motifs is 2. The highest BCUT2D eigenvalue weighted by Gasteiger charge is 2.65. The lowest BCUT2D eigenvalue weighted by molar-refractivity contribution is -0.955. The van der Waals surface area contributed by atoms with Crippen LogP contribution in [0.4, 0.5) is 0 Å². The third-order valence-electron chi connectivity index (χ3n) is 4.79. The fourth-order valence-electron chi connectivity index (χ4n) is 3.90. The maximum atomic E-state index is 10.8. The van der Waals surface area contributed by atoms with Crippen molar-refractivity contribution >= 4 is 0 Å². The zero-order valence-corrected chi connectivity index (χ0v) is 10.2. The minimum atomic E-state index is -1.01. The van der Waals surface area contributed by atoms with Crippen molar-refractivity contribution in [3.05, 3.63) is 30.1 Å². The van der Waals surface area contributed by atoms with Crippen LogP contribution in [0.1, 0.15) is 24.6 Å². The second-order valence-electron chi connectivity index (χ2n) is 5.61. The lowest BCUT2D eigenvalue weighted by Gasteiger charge is -2.48. The third kappa shape index (κ3) is 1.33. The highest BCUT2D eigenvalue weighted by Crippen LogP contribution is 2.41. The van der Waals surface area contributed by atoms with E-state index in [9.17, 15) is 5.11 Å². The Morgan fingerprint density at radius 3 is 2.94 bits per heavy atom. The van der Waals surface area contributed by atoms with Crippen molar-refractivity contribution in [2.45, 2.75) is 30.7 Å². The highest BCUT2D eigenvalue weighted by molar-refractivity contribution is 5.14. The Morgan fingerprint density at radius 2 is 2.22 bits per heavy atom.